The van der Waals surface area contributed by atoms with Crippen LogP contribution in [-0.2, 0) is 9.05 Å². The monoisotopic (exact) mass is 262 g/mol. The van der Waals surface area contributed by atoms with Crippen LogP contribution in [0.2, 0.25) is 0 Å². The van der Waals surface area contributed by atoms with Crippen LogP contribution in [0.4, 0.5) is 0 Å². The lowest BCUT2D eigenvalue weighted by Gasteiger charge is -1.99. The first-order valence-corrected chi connectivity index (χ1v) is 7.16. The fraction of sp³-hybridized carbons (Fsp3) is 0.111. The Morgan fingerprint density at radius 2 is 2.13 bits per heavy atom. The third-order valence-corrected chi connectivity index (χ3v) is 5.13. The number of methoxy groups -OCH3 is 1. The van der Waals surface area contributed by atoms with E-state index in [9.17, 15) is 8.42 Å². The minimum Gasteiger partial charge on any atom is -0.496 e. The number of halogens is 1. The van der Waals surface area contributed by atoms with E-state index in [0.29, 0.717) is 5.75 Å². The highest BCUT2D eigenvalue weighted by molar-refractivity contribution is 8.15. The lowest BCUT2D eigenvalue weighted by molar-refractivity contribution is 0.420. The van der Waals surface area contributed by atoms with Crippen molar-refractivity contribution in [3.63, 3.8) is 0 Å². The van der Waals surface area contributed by atoms with Crippen molar-refractivity contribution in [2.75, 3.05) is 7.11 Å². The Kier molecular flexibility index (Phi) is 2.62. The van der Waals surface area contributed by atoms with Gasteiger partial charge in [-0.05, 0) is 18.2 Å². The first-order chi connectivity index (χ1) is 7.02. The van der Waals surface area contributed by atoms with Gasteiger partial charge < -0.3 is 4.74 Å². The number of hydrogen-bond acceptors (Lipinski definition) is 4. The largest absolute Gasteiger partial charge is 0.496 e. The summed E-state index contributed by atoms with van der Waals surface area (Å²) in [6.45, 7) is 0. The van der Waals surface area contributed by atoms with Gasteiger partial charge in [-0.25, -0.2) is 8.42 Å². The number of fused-ring (bicyclic) bond motifs is 1. The van der Waals surface area contributed by atoms with Crippen LogP contribution in [0, 0.1) is 0 Å². The molecule has 0 fully saturated rings. The minimum absolute atomic E-state index is 0.142. The number of ether oxygens (including phenoxy) is 1. The first-order valence-electron chi connectivity index (χ1n) is 4.03. The molecule has 0 atom stereocenters. The van der Waals surface area contributed by atoms with Gasteiger partial charge in [0, 0.05) is 20.8 Å². The van der Waals surface area contributed by atoms with Crippen LogP contribution in [0.3, 0.4) is 0 Å². The quantitative estimate of drug-likeness (QED) is 0.782. The molecule has 15 heavy (non-hydrogen) atoms. The van der Waals surface area contributed by atoms with Crippen molar-refractivity contribution in [3.8, 4) is 5.75 Å². The Balaban J connectivity index is 2.76. The topological polar surface area (TPSA) is 43.4 Å². The second-order valence-corrected chi connectivity index (χ2v) is 6.75. The average molecular weight is 263 g/mol. The zero-order chi connectivity index (χ0) is 11.1. The van der Waals surface area contributed by atoms with Crippen LogP contribution >= 0.6 is 22.0 Å². The maximum Gasteiger partial charge on any atom is 0.270 e. The van der Waals surface area contributed by atoms with Crippen molar-refractivity contribution in [3.05, 3.63) is 24.3 Å². The first kappa shape index (κ1) is 10.7. The molecule has 2 aromatic rings. The second-order valence-electron chi connectivity index (χ2n) is 2.88. The number of hydrogen-bond donors (Lipinski definition) is 0. The standard InChI is InChI=1S/C9H7ClO3S2/c1-13-7-3-2-4-8-6(7)5-9(14-8)15(10,11)12/h2-5H,1H3. The molecule has 0 spiro atoms. The predicted molar refractivity (Wildman–Crippen MR) is 61.4 cm³/mol. The Hall–Kier alpha value is -0.780. The summed E-state index contributed by atoms with van der Waals surface area (Å²) >= 11 is 1.13. The van der Waals surface area contributed by atoms with Gasteiger partial charge in [-0.1, -0.05) is 6.07 Å². The van der Waals surface area contributed by atoms with Gasteiger partial charge in [0.05, 0.1) is 7.11 Å². The highest BCUT2D eigenvalue weighted by atomic mass is 35.7. The highest BCUT2D eigenvalue weighted by Gasteiger charge is 2.15. The summed E-state index contributed by atoms with van der Waals surface area (Å²) in [6.07, 6.45) is 0. The Labute approximate surface area is 95.7 Å². The third-order valence-electron chi connectivity index (χ3n) is 1.96. The van der Waals surface area contributed by atoms with Gasteiger partial charge in [0.25, 0.3) is 9.05 Å². The summed E-state index contributed by atoms with van der Waals surface area (Å²) in [5.74, 6) is 0.648. The van der Waals surface area contributed by atoms with E-state index in [1.54, 1.807) is 13.2 Å². The van der Waals surface area contributed by atoms with E-state index in [2.05, 4.69) is 0 Å². The van der Waals surface area contributed by atoms with Crippen LogP contribution < -0.4 is 4.74 Å². The fourth-order valence-corrected chi connectivity index (χ4v) is 3.46. The molecule has 1 aromatic heterocycles. The summed E-state index contributed by atoms with van der Waals surface area (Å²) in [5.41, 5.74) is 0. The molecule has 0 saturated carbocycles. The van der Waals surface area contributed by atoms with Crippen molar-refractivity contribution in [1.82, 2.24) is 0 Å². The smallest absolute Gasteiger partial charge is 0.270 e. The van der Waals surface area contributed by atoms with E-state index >= 15 is 0 Å². The normalized spacial score (nSPS) is 11.9. The highest BCUT2D eigenvalue weighted by Crippen LogP contribution is 2.35. The molecule has 3 nitrogen and oxygen atoms in total. The summed E-state index contributed by atoms with van der Waals surface area (Å²) in [5, 5.41) is 0.768. The molecule has 0 bridgehead atoms. The van der Waals surface area contributed by atoms with E-state index in [0.717, 1.165) is 21.4 Å². The van der Waals surface area contributed by atoms with Crippen molar-refractivity contribution in [1.29, 1.82) is 0 Å². The molecule has 0 saturated heterocycles. The average Bonchev–Trinajstić information content (AvgIpc) is 2.59. The van der Waals surface area contributed by atoms with Crippen LogP contribution in [0.1, 0.15) is 0 Å². The van der Waals surface area contributed by atoms with Gasteiger partial charge in [-0.15, -0.1) is 11.3 Å². The number of rotatable bonds is 2. The summed E-state index contributed by atoms with van der Waals surface area (Å²) in [4.78, 5) is 0. The molecule has 6 heteroatoms. The molecule has 0 N–H and O–H groups in total. The zero-order valence-corrected chi connectivity index (χ0v) is 10.1. The van der Waals surface area contributed by atoms with E-state index in [1.807, 2.05) is 12.1 Å². The molecule has 0 amide bonds. The maximum absolute atomic E-state index is 11.1. The molecule has 0 aliphatic rings. The molecule has 0 aliphatic carbocycles. The summed E-state index contributed by atoms with van der Waals surface area (Å²) in [7, 11) is 3.16. The SMILES string of the molecule is COc1cccc2sc(S(=O)(=O)Cl)cc12. The molecule has 1 heterocycles. The molecule has 0 unspecified atom stereocenters. The number of thiophene rings is 1. The van der Waals surface area contributed by atoms with E-state index in [1.165, 1.54) is 6.07 Å². The molecular formula is C9H7ClO3S2. The molecule has 0 aliphatic heterocycles. The maximum atomic E-state index is 11.1. The lowest BCUT2D eigenvalue weighted by Crippen LogP contribution is -1.84. The summed E-state index contributed by atoms with van der Waals surface area (Å²) in [6, 6.07) is 6.94. The van der Waals surface area contributed by atoms with Crippen molar-refractivity contribution in [2.24, 2.45) is 0 Å². The predicted octanol–water partition coefficient (Wildman–Crippen LogP) is 2.84. The van der Waals surface area contributed by atoms with Crippen molar-refractivity contribution >= 4 is 41.2 Å². The minimum atomic E-state index is -3.65. The Morgan fingerprint density at radius 3 is 2.73 bits per heavy atom. The third kappa shape index (κ3) is 1.95. The van der Waals surface area contributed by atoms with E-state index in [-0.39, 0.29) is 4.21 Å². The molecule has 1 aromatic carbocycles. The number of benzene rings is 1. The van der Waals surface area contributed by atoms with Gasteiger partial charge in [0.1, 0.15) is 9.96 Å². The van der Waals surface area contributed by atoms with E-state index in [4.69, 9.17) is 15.4 Å². The molecule has 80 valence electrons. The van der Waals surface area contributed by atoms with Crippen molar-refractivity contribution in [2.45, 2.75) is 4.21 Å². The van der Waals surface area contributed by atoms with Gasteiger partial charge >= 0.3 is 0 Å². The van der Waals surface area contributed by atoms with Crippen LogP contribution in [0.25, 0.3) is 10.1 Å². The van der Waals surface area contributed by atoms with Crippen LogP contribution in [-0.4, -0.2) is 15.5 Å². The lowest BCUT2D eigenvalue weighted by atomic mass is 10.2. The van der Waals surface area contributed by atoms with Crippen LogP contribution in [0.5, 0.6) is 5.75 Å². The van der Waals surface area contributed by atoms with Crippen molar-refractivity contribution < 1.29 is 13.2 Å². The van der Waals surface area contributed by atoms with Gasteiger partial charge in [-0.3, -0.25) is 0 Å². The summed E-state index contributed by atoms with van der Waals surface area (Å²) < 4.78 is 28.4. The Morgan fingerprint density at radius 1 is 1.40 bits per heavy atom. The van der Waals surface area contributed by atoms with Gasteiger partial charge in [0.2, 0.25) is 0 Å². The fourth-order valence-electron chi connectivity index (χ4n) is 1.31. The van der Waals surface area contributed by atoms with Gasteiger partial charge in [0.15, 0.2) is 0 Å². The molecule has 0 radical (unpaired) electrons. The Bertz CT molecular complexity index is 601. The zero-order valence-electron chi connectivity index (χ0n) is 7.73. The molecule has 2 rings (SSSR count). The van der Waals surface area contributed by atoms with E-state index < -0.39 is 9.05 Å². The second kappa shape index (κ2) is 3.66. The van der Waals surface area contributed by atoms with Gasteiger partial charge in [-0.2, -0.15) is 0 Å². The van der Waals surface area contributed by atoms with Crippen LogP contribution in [0.15, 0.2) is 28.5 Å². The molecular weight excluding hydrogens is 256 g/mol.